The van der Waals surface area contributed by atoms with E-state index in [9.17, 15) is 9.59 Å². The van der Waals surface area contributed by atoms with Crippen LogP contribution in [0, 0.1) is 0 Å². The second-order valence-corrected chi connectivity index (χ2v) is 7.66. The van der Waals surface area contributed by atoms with Gasteiger partial charge in [0.15, 0.2) is 0 Å². The van der Waals surface area contributed by atoms with Gasteiger partial charge in [0.1, 0.15) is 17.1 Å². The van der Waals surface area contributed by atoms with Gasteiger partial charge in [-0.25, -0.2) is 4.79 Å². The van der Waals surface area contributed by atoms with Crippen LogP contribution in [-0.4, -0.2) is 39.0 Å². The summed E-state index contributed by atoms with van der Waals surface area (Å²) in [4.78, 5) is 23.9. The lowest BCUT2D eigenvalue weighted by Crippen LogP contribution is -2.32. The second-order valence-electron chi connectivity index (χ2n) is 7.66. The molecule has 162 valence electrons. The van der Waals surface area contributed by atoms with Crippen molar-refractivity contribution in [2.45, 2.75) is 39.3 Å². The molecule has 2 rings (SSSR count). The average Bonchev–Trinajstić information content (AvgIpc) is 2.70. The Morgan fingerprint density at radius 2 is 1.67 bits per heavy atom. The van der Waals surface area contributed by atoms with Crippen LogP contribution in [0.15, 0.2) is 36.4 Å². The number of benzene rings is 2. The Bertz CT molecular complexity index is 901. The van der Waals surface area contributed by atoms with Crippen molar-refractivity contribution in [3.63, 3.8) is 0 Å². The SMILES string of the molecule is COC(=O)Cc1cc(-c2ccc(OC)cc2CNC(=O)OC(C)(C)C)ccc1OC. The lowest BCUT2D eigenvalue weighted by atomic mass is 9.96. The molecule has 0 atom stereocenters. The molecule has 0 bridgehead atoms. The minimum atomic E-state index is -0.583. The first-order valence-corrected chi connectivity index (χ1v) is 9.54. The molecule has 2 aromatic rings. The normalized spacial score (nSPS) is 10.9. The Kier molecular flexibility index (Phi) is 7.69. The zero-order valence-corrected chi connectivity index (χ0v) is 18.3. The van der Waals surface area contributed by atoms with Crippen LogP contribution in [0.2, 0.25) is 0 Å². The summed E-state index contributed by atoms with van der Waals surface area (Å²) in [5, 5.41) is 2.78. The van der Waals surface area contributed by atoms with Crippen LogP contribution in [0.1, 0.15) is 31.9 Å². The van der Waals surface area contributed by atoms with Gasteiger partial charge in [-0.3, -0.25) is 4.79 Å². The highest BCUT2D eigenvalue weighted by Gasteiger charge is 2.17. The van der Waals surface area contributed by atoms with E-state index >= 15 is 0 Å². The van der Waals surface area contributed by atoms with E-state index in [2.05, 4.69) is 5.32 Å². The van der Waals surface area contributed by atoms with Crippen LogP contribution in [0.3, 0.4) is 0 Å². The molecule has 7 nitrogen and oxygen atoms in total. The fourth-order valence-electron chi connectivity index (χ4n) is 2.92. The van der Waals surface area contributed by atoms with Crippen LogP contribution in [0.25, 0.3) is 11.1 Å². The van der Waals surface area contributed by atoms with Gasteiger partial charge < -0.3 is 24.3 Å². The van der Waals surface area contributed by atoms with Crippen LogP contribution in [0.4, 0.5) is 4.79 Å². The van der Waals surface area contributed by atoms with E-state index in [1.807, 2.05) is 57.2 Å². The lowest BCUT2D eigenvalue weighted by molar-refractivity contribution is -0.139. The van der Waals surface area contributed by atoms with Crippen LogP contribution in [-0.2, 0) is 27.2 Å². The van der Waals surface area contributed by atoms with Gasteiger partial charge >= 0.3 is 12.1 Å². The van der Waals surface area contributed by atoms with Crippen molar-refractivity contribution in [2.24, 2.45) is 0 Å². The number of hydrogen-bond acceptors (Lipinski definition) is 6. The number of ether oxygens (including phenoxy) is 4. The van der Waals surface area contributed by atoms with Gasteiger partial charge in [-0.2, -0.15) is 0 Å². The first kappa shape index (κ1) is 23.1. The van der Waals surface area contributed by atoms with E-state index in [0.29, 0.717) is 17.1 Å². The Morgan fingerprint density at radius 3 is 2.27 bits per heavy atom. The first-order chi connectivity index (χ1) is 14.2. The average molecular weight is 415 g/mol. The van der Waals surface area contributed by atoms with Crippen LogP contribution in [0.5, 0.6) is 11.5 Å². The maximum absolute atomic E-state index is 12.1. The molecule has 0 aromatic heterocycles. The van der Waals surface area contributed by atoms with Gasteiger partial charge in [-0.1, -0.05) is 12.1 Å². The second kappa shape index (κ2) is 10.0. The highest BCUT2D eigenvalue weighted by Crippen LogP contribution is 2.31. The highest BCUT2D eigenvalue weighted by atomic mass is 16.6. The maximum Gasteiger partial charge on any atom is 0.407 e. The molecule has 0 aliphatic carbocycles. The van der Waals surface area contributed by atoms with Crippen LogP contribution >= 0.6 is 0 Å². The number of alkyl carbamates (subject to hydrolysis) is 1. The third kappa shape index (κ3) is 6.40. The number of methoxy groups -OCH3 is 3. The van der Waals surface area contributed by atoms with Crippen molar-refractivity contribution < 1.29 is 28.5 Å². The summed E-state index contributed by atoms with van der Waals surface area (Å²) in [6.07, 6.45) is -0.410. The Labute approximate surface area is 177 Å². The van der Waals surface area contributed by atoms with Gasteiger partial charge in [0.2, 0.25) is 0 Å². The summed E-state index contributed by atoms with van der Waals surface area (Å²) in [7, 11) is 4.49. The van der Waals surface area contributed by atoms with Crippen molar-refractivity contribution >= 4 is 12.1 Å². The van der Waals surface area contributed by atoms with Gasteiger partial charge in [-0.05, 0) is 61.7 Å². The number of carbonyl (C=O) groups excluding carboxylic acids is 2. The van der Waals surface area contributed by atoms with Crippen molar-refractivity contribution in [3.05, 3.63) is 47.5 Å². The smallest absolute Gasteiger partial charge is 0.407 e. The fourth-order valence-corrected chi connectivity index (χ4v) is 2.92. The van der Waals surface area contributed by atoms with Gasteiger partial charge in [0.05, 0.1) is 27.8 Å². The summed E-state index contributed by atoms with van der Waals surface area (Å²) >= 11 is 0. The molecule has 0 aliphatic rings. The van der Waals surface area contributed by atoms with Crippen molar-refractivity contribution in [2.75, 3.05) is 21.3 Å². The number of esters is 1. The topological polar surface area (TPSA) is 83.1 Å². The molecule has 0 unspecified atom stereocenters. The number of hydrogen-bond donors (Lipinski definition) is 1. The molecule has 0 saturated carbocycles. The molecule has 2 aromatic carbocycles. The predicted octanol–water partition coefficient (Wildman–Crippen LogP) is 4.11. The number of amides is 1. The molecule has 30 heavy (non-hydrogen) atoms. The quantitative estimate of drug-likeness (QED) is 0.685. The highest BCUT2D eigenvalue weighted by molar-refractivity contribution is 5.76. The maximum atomic E-state index is 12.1. The lowest BCUT2D eigenvalue weighted by Gasteiger charge is -2.20. The Hall–Kier alpha value is -3.22. The largest absolute Gasteiger partial charge is 0.497 e. The van der Waals surface area contributed by atoms with Gasteiger partial charge in [0, 0.05) is 12.1 Å². The van der Waals surface area contributed by atoms with E-state index in [4.69, 9.17) is 18.9 Å². The van der Waals surface area contributed by atoms with Crippen molar-refractivity contribution in [1.82, 2.24) is 5.32 Å². The van der Waals surface area contributed by atoms with E-state index in [0.717, 1.165) is 16.7 Å². The summed E-state index contributed by atoms with van der Waals surface area (Å²) in [6.45, 7) is 5.68. The minimum Gasteiger partial charge on any atom is -0.497 e. The molecule has 0 fully saturated rings. The molecule has 1 N–H and O–H groups in total. The van der Waals surface area contributed by atoms with Gasteiger partial charge in [0.25, 0.3) is 0 Å². The van der Waals surface area contributed by atoms with E-state index < -0.39 is 11.7 Å². The molecule has 0 heterocycles. The predicted molar refractivity (Wildman–Crippen MR) is 114 cm³/mol. The molecule has 1 amide bonds. The fraction of sp³-hybridized carbons (Fsp3) is 0.391. The van der Waals surface area contributed by atoms with Gasteiger partial charge in [-0.15, -0.1) is 0 Å². The van der Waals surface area contributed by atoms with E-state index in [-0.39, 0.29) is 18.9 Å². The monoisotopic (exact) mass is 415 g/mol. The molecule has 0 aliphatic heterocycles. The molecular formula is C23H29NO6. The van der Waals surface area contributed by atoms with E-state index in [1.54, 1.807) is 14.2 Å². The summed E-state index contributed by atoms with van der Waals surface area (Å²) in [5.41, 5.74) is 2.73. The van der Waals surface area contributed by atoms with Crippen molar-refractivity contribution in [3.8, 4) is 22.6 Å². The standard InChI is InChI=1S/C23H29NO6/c1-23(2,3)30-22(26)24-14-17-12-18(27-4)8-9-19(17)15-7-10-20(28-5)16(11-15)13-21(25)29-6/h7-12H,13-14H2,1-6H3,(H,24,26). The first-order valence-electron chi connectivity index (χ1n) is 9.54. The zero-order valence-electron chi connectivity index (χ0n) is 18.3. The van der Waals surface area contributed by atoms with Crippen LogP contribution < -0.4 is 14.8 Å². The molecule has 0 spiro atoms. The minimum absolute atomic E-state index is 0.0924. The zero-order chi connectivity index (χ0) is 22.3. The number of rotatable bonds is 7. The molecular weight excluding hydrogens is 386 g/mol. The molecule has 0 radical (unpaired) electrons. The Morgan fingerprint density at radius 1 is 0.933 bits per heavy atom. The number of nitrogens with one attached hydrogen (secondary N) is 1. The Balaban J connectivity index is 2.37. The number of carbonyl (C=O) groups is 2. The van der Waals surface area contributed by atoms with Crippen molar-refractivity contribution in [1.29, 1.82) is 0 Å². The summed E-state index contributed by atoms with van der Waals surface area (Å²) < 4.78 is 20.8. The summed E-state index contributed by atoms with van der Waals surface area (Å²) in [5.74, 6) is 0.918. The summed E-state index contributed by atoms with van der Waals surface area (Å²) in [6, 6.07) is 11.2. The molecule has 7 heteroatoms. The third-order valence-corrected chi connectivity index (χ3v) is 4.29. The van der Waals surface area contributed by atoms with E-state index in [1.165, 1.54) is 7.11 Å². The third-order valence-electron chi connectivity index (χ3n) is 4.29. The molecule has 0 saturated heterocycles.